The lowest BCUT2D eigenvalue weighted by Gasteiger charge is -2.30. The van der Waals surface area contributed by atoms with Crippen molar-refractivity contribution in [2.24, 2.45) is 16.6 Å². The van der Waals surface area contributed by atoms with Crippen molar-refractivity contribution in [3.63, 3.8) is 0 Å². The van der Waals surface area contributed by atoms with Gasteiger partial charge in [-0.3, -0.25) is 39.4 Å². The Labute approximate surface area is 288 Å². The molecule has 0 spiro atoms. The third-order valence-electron chi connectivity index (χ3n) is 8.11. The zero-order valence-corrected chi connectivity index (χ0v) is 26.3. The molecular weight excluding hydrogens is 700 g/mol. The number of alkyl halides is 3. The lowest BCUT2D eigenvalue weighted by molar-refractivity contribution is -0.385. The summed E-state index contributed by atoms with van der Waals surface area (Å²) in [7, 11) is 0. The molecule has 4 amide bonds. The molecule has 2 heterocycles. The first-order valence-electron chi connectivity index (χ1n) is 14.6. The maximum absolute atomic E-state index is 14.4. The van der Waals surface area contributed by atoms with E-state index in [-0.39, 0.29) is 44.8 Å². The van der Waals surface area contributed by atoms with Crippen LogP contribution < -0.4 is 16.4 Å². The number of nitrogens with two attached hydrogens (primary N) is 2. The summed E-state index contributed by atoms with van der Waals surface area (Å²) in [6.45, 7) is 1.40. The van der Waals surface area contributed by atoms with Gasteiger partial charge in [0.25, 0.3) is 34.7 Å². The van der Waals surface area contributed by atoms with E-state index in [1.807, 2.05) is 0 Å². The van der Waals surface area contributed by atoms with Crippen molar-refractivity contribution in [1.82, 2.24) is 0 Å². The van der Waals surface area contributed by atoms with Crippen LogP contribution in [0.25, 0.3) is 0 Å². The number of nitro benzene ring substituents is 2. The number of rotatable bonds is 7. The Balaban J connectivity index is 0.000000293. The molecule has 2 aliphatic rings. The third-order valence-corrected chi connectivity index (χ3v) is 8.11. The number of fused-ring (bicyclic) bond motifs is 1. The van der Waals surface area contributed by atoms with Crippen LogP contribution in [0.2, 0.25) is 0 Å². The molecule has 6 rings (SSSR count). The van der Waals surface area contributed by atoms with Gasteiger partial charge < -0.3 is 16.3 Å². The van der Waals surface area contributed by atoms with E-state index in [4.69, 9.17) is 16.3 Å². The van der Waals surface area contributed by atoms with Gasteiger partial charge in [-0.1, -0.05) is 35.5 Å². The predicted octanol–water partition coefficient (Wildman–Crippen LogP) is 5.22. The average Bonchev–Trinajstić information content (AvgIpc) is 3.65. The molecule has 15 nitrogen and oxygen atoms in total. The molecular formula is C33H22F4N6O9. The van der Waals surface area contributed by atoms with E-state index >= 15 is 0 Å². The first-order chi connectivity index (χ1) is 24.4. The summed E-state index contributed by atoms with van der Waals surface area (Å²) in [5.41, 5.74) is 4.67. The molecule has 0 aromatic heterocycles. The smallest absolute Gasteiger partial charge is 0.374 e. The number of nitro groups is 2. The predicted molar refractivity (Wildman–Crippen MR) is 172 cm³/mol. The lowest BCUT2D eigenvalue weighted by atomic mass is 9.85. The number of imide groups is 1. The minimum atomic E-state index is -4.91. The van der Waals surface area contributed by atoms with Crippen LogP contribution in [0.3, 0.4) is 0 Å². The third kappa shape index (κ3) is 6.25. The molecule has 0 fully saturated rings. The number of nitrogens with zero attached hydrogens (tertiary/aromatic N) is 4. The number of carbonyl (C=O) groups is 4. The van der Waals surface area contributed by atoms with Gasteiger partial charge in [-0.2, -0.15) is 13.2 Å². The number of primary amides is 2. The normalized spacial score (nSPS) is 16.3. The van der Waals surface area contributed by atoms with Gasteiger partial charge in [-0.25, -0.2) is 9.29 Å². The molecule has 266 valence electrons. The van der Waals surface area contributed by atoms with Crippen molar-refractivity contribution >= 4 is 46.4 Å². The SMILES string of the molecule is Cc1cc(C2(C(F)(F)F)CC(c3ccc(F)cc3)=NO2)ccc1N1C(=O)c2cccc([N+](=O)[O-])c2C1=O.NC(=O)c1cccc([N+](=O)[O-])c1C(N)=O. The highest BCUT2D eigenvalue weighted by Gasteiger charge is 2.62. The summed E-state index contributed by atoms with van der Waals surface area (Å²) in [4.78, 5) is 73.9. The number of amides is 4. The summed E-state index contributed by atoms with van der Waals surface area (Å²) in [6, 6.07) is 15.3. The Hall–Kier alpha value is -7.05. The quantitative estimate of drug-likeness (QED) is 0.110. The Morgan fingerprint density at radius 1 is 0.885 bits per heavy atom. The minimum absolute atomic E-state index is 0.0285. The van der Waals surface area contributed by atoms with Gasteiger partial charge in [-0.05, 0) is 54.4 Å². The molecule has 0 saturated heterocycles. The van der Waals surface area contributed by atoms with Gasteiger partial charge in [0.1, 0.15) is 16.9 Å². The molecule has 1 unspecified atom stereocenters. The number of oxime groups is 1. The first kappa shape index (κ1) is 36.2. The molecule has 1 atom stereocenters. The molecule has 0 saturated carbocycles. The summed E-state index contributed by atoms with van der Waals surface area (Å²) < 4.78 is 56.4. The molecule has 2 aliphatic heterocycles. The minimum Gasteiger partial charge on any atom is -0.374 e. The van der Waals surface area contributed by atoms with Crippen LogP contribution >= 0.6 is 0 Å². The van der Waals surface area contributed by atoms with Crippen LogP contribution in [-0.4, -0.2) is 45.4 Å². The van der Waals surface area contributed by atoms with Crippen LogP contribution in [0.5, 0.6) is 0 Å². The summed E-state index contributed by atoms with van der Waals surface area (Å²) in [6.07, 6.45) is -5.61. The maximum Gasteiger partial charge on any atom is 0.435 e. The second kappa shape index (κ2) is 13.3. The van der Waals surface area contributed by atoms with Gasteiger partial charge >= 0.3 is 6.18 Å². The highest BCUT2D eigenvalue weighted by atomic mass is 19.4. The van der Waals surface area contributed by atoms with E-state index in [1.54, 1.807) is 0 Å². The molecule has 4 aromatic rings. The summed E-state index contributed by atoms with van der Waals surface area (Å²) in [5, 5.41) is 25.5. The topological polar surface area (TPSA) is 231 Å². The van der Waals surface area contributed by atoms with Gasteiger partial charge in [0.2, 0.25) is 5.91 Å². The number of benzene rings is 4. The molecule has 0 aliphatic carbocycles. The van der Waals surface area contributed by atoms with E-state index < -0.39 is 74.4 Å². The highest BCUT2D eigenvalue weighted by molar-refractivity contribution is 6.35. The number of carbonyl (C=O) groups excluding carboxylic acids is 4. The van der Waals surface area contributed by atoms with E-state index in [1.165, 1.54) is 43.3 Å². The average molecular weight is 723 g/mol. The molecule has 4 N–H and O–H groups in total. The second-order valence-electron chi connectivity index (χ2n) is 11.2. The van der Waals surface area contributed by atoms with Crippen LogP contribution in [-0.2, 0) is 10.4 Å². The van der Waals surface area contributed by atoms with Crippen LogP contribution in [0.1, 0.15) is 64.5 Å². The fourth-order valence-corrected chi connectivity index (χ4v) is 5.65. The van der Waals surface area contributed by atoms with Crippen molar-refractivity contribution < 1.29 is 51.4 Å². The monoisotopic (exact) mass is 722 g/mol. The zero-order valence-electron chi connectivity index (χ0n) is 26.3. The van der Waals surface area contributed by atoms with Crippen molar-refractivity contribution in [3.8, 4) is 0 Å². The van der Waals surface area contributed by atoms with Crippen molar-refractivity contribution in [2.45, 2.75) is 25.1 Å². The van der Waals surface area contributed by atoms with E-state index in [0.29, 0.717) is 4.90 Å². The molecule has 4 aromatic carbocycles. The Kier molecular flexibility index (Phi) is 9.30. The number of hydrogen-bond donors (Lipinski definition) is 2. The fraction of sp³-hybridized carbons (Fsp3) is 0.121. The number of anilines is 1. The fourth-order valence-electron chi connectivity index (χ4n) is 5.65. The second-order valence-corrected chi connectivity index (χ2v) is 11.2. The van der Waals surface area contributed by atoms with Gasteiger partial charge in [0, 0.05) is 24.1 Å². The highest BCUT2D eigenvalue weighted by Crippen LogP contribution is 2.49. The largest absolute Gasteiger partial charge is 0.435 e. The Morgan fingerprint density at radius 2 is 1.50 bits per heavy atom. The summed E-state index contributed by atoms with van der Waals surface area (Å²) >= 11 is 0. The van der Waals surface area contributed by atoms with Crippen molar-refractivity contribution in [1.29, 1.82) is 0 Å². The van der Waals surface area contributed by atoms with Crippen LogP contribution in [0.15, 0.2) is 84.0 Å². The molecule has 52 heavy (non-hydrogen) atoms. The first-order valence-corrected chi connectivity index (χ1v) is 14.6. The number of aryl methyl sites for hydroxylation is 1. The zero-order chi connectivity index (χ0) is 38.3. The number of halogens is 4. The van der Waals surface area contributed by atoms with Crippen molar-refractivity contribution in [2.75, 3.05) is 4.90 Å². The van der Waals surface area contributed by atoms with Gasteiger partial charge in [-0.15, -0.1) is 0 Å². The van der Waals surface area contributed by atoms with Crippen LogP contribution in [0, 0.1) is 33.0 Å². The van der Waals surface area contributed by atoms with E-state index in [2.05, 4.69) is 5.16 Å². The standard InChI is InChI=1S/C25H15F4N3O5.C8H7N3O4/c1-13-11-15(24(25(27,28)29)12-18(30-37-24)14-5-8-16(26)9-6-14)7-10-19(13)31-22(33)17-3-2-4-20(32(35)36)21(17)23(31)34;9-7(12)4-2-1-3-5(11(14)15)6(4)8(10)13/h2-11H,12H2,1H3;1-3H,(H2,9,12)(H2,10,13). The Bertz CT molecular complexity index is 2210. The molecule has 19 heteroatoms. The van der Waals surface area contributed by atoms with E-state index in [9.17, 15) is 57.0 Å². The molecule has 0 radical (unpaired) electrons. The lowest BCUT2D eigenvalue weighted by Crippen LogP contribution is -2.42. The van der Waals surface area contributed by atoms with Gasteiger partial charge in [0.05, 0.1) is 32.4 Å². The van der Waals surface area contributed by atoms with Gasteiger partial charge in [0.15, 0.2) is 0 Å². The Morgan fingerprint density at radius 3 is 2.06 bits per heavy atom. The molecule has 0 bridgehead atoms. The maximum atomic E-state index is 14.4. The summed E-state index contributed by atoms with van der Waals surface area (Å²) in [5.74, 6) is -4.34. The van der Waals surface area contributed by atoms with E-state index in [0.717, 1.165) is 42.5 Å². The van der Waals surface area contributed by atoms with Crippen molar-refractivity contribution in [3.05, 3.63) is 144 Å². The number of hydrogen-bond acceptors (Lipinski definition) is 10. The van der Waals surface area contributed by atoms with Crippen LogP contribution in [0.4, 0.5) is 34.6 Å².